The Kier molecular flexibility index (Phi) is 5.95. The fourth-order valence-electron chi connectivity index (χ4n) is 5.56. The molecule has 0 amide bonds. The van der Waals surface area contributed by atoms with Gasteiger partial charge in [0.25, 0.3) is 0 Å². The summed E-state index contributed by atoms with van der Waals surface area (Å²) in [5.41, 5.74) is 5.21. The van der Waals surface area contributed by atoms with Crippen molar-refractivity contribution in [2.75, 3.05) is 11.9 Å². The maximum atomic E-state index is 13.8. The number of ether oxygens (including phenoxy) is 1. The number of aryl methyl sites for hydroxylation is 2. The van der Waals surface area contributed by atoms with Gasteiger partial charge >= 0.3 is 0 Å². The molecule has 7 rings (SSSR count). The predicted molar refractivity (Wildman–Crippen MR) is 149 cm³/mol. The summed E-state index contributed by atoms with van der Waals surface area (Å²) in [5, 5.41) is 4.46. The van der Waals surface area contributed by atoms with Crippen molar-refractivity contribution in [1.29, 1.82) is 0 Å². The summed E-state index contributed by atoms with van der Waals surface area (Å²) in [5.74, 6) is 2.18. The molecule has 1 aliphatic heterocycles. The number of pyridine rings is 1. The van der Waals surface area contributed by atoms with Gasteiger partial charge < -0.3 is 14.6 Å². The maximum Gasteiger partial charge on any atom is 0.223 e. The molecule has 8 heteroatoms. The van der Waals surface area contributed by atoms with Crippen LogP contribution in [0, 0.1) is 12.7 Å². The van der Waals surface area contributed by atoms with E-state index in [2.05, 4.69) is 19.9 Å². The van der Waals surface area contributed by atoms with E-state index in [-0.39, 0.29) is 11.9 Å². The summed E-state index contributed by atoms with van der Waals surface area (Å²) in [6.45, 7) is 2.48. The Balaban J connectivity index is 1.27. The van der Waals surface area contributed by atoms with E-state index in [1.165, 1.54) is 18.6 Å². The highest BCUT2D eigenvalue weighted by Crippen LogP contribution is 2.40. The van der Waals surface area contributed by atoms with Crippen molar-refractivity contribution in [3.05, 3.63) is 84.2 Å². The average molecular weight is 521 g/mol. The van der Waals surface area contributed by atoms with E-state index in [1.54, 1.807) is 18.3 Å². The van der Waals surface area contributed by atoms with Crippen LogP contribution in [-0.4, -0.2) is 37.2 Å². The first kappa shape index (κ1) is 23.8. The minimum atomic E-state index is -0.271. The molecule has 0 radical (unpaired) electrons. The van der Waals surface area contributed by atoms with Gasteiger partial charge in [0.05, 0.1) is 28.6 Å². The third kappa shape index (κ3) is 4.50. The lowest BCUT2D eigenvalue weighted by molar-refractivity contribution is 0.258. The highest BCUT2D eigenvalue weighted by atomic mass is 19.1. The van der Waals surface area contributed by atoms with Crippen molar-refractivity contribution in [3.8, 4) is 28.4 Å². The Labute approximate surface area is 226 Å². The Morgan fingerprint density at radius 2 is 1.85 bits per heavy atom. The smallest absolute Gasteiger partial charge is 0.223 e. The second-order valence-corrected chi connectivity index (χ2v) is 10.4. The van der Waals surface area contributed by atoms with Gasteiger partial charge in [-0.2, -0.15) is 0 Å². The zero-order chi connectivity index (χ0) is 26.3. The predicted octanol–water partition coefficient (Wildman–Crippen LogP) is 6.53. The molecule has 4 heterocycles. The number of fused-ring (bicyclic) bond motifs is 2. The van der Waals surface area contributed by atoms with E-state index in [9.17, 15) is 4.39 Å². The molecule has 1 aliphatic carbocycles. The van der Waals surface area contributed by atoms with E-state index in [0.29, 0.717) is 18.6 Å². The van der Waals surface area contributed by atoms with E-state index >= 15 is 0 Å². The molecule has 2 aromatic carbocycles. The van der Waals surface area contributed by atoms with Crippen LogP contribution in [0.15, 0.2) is 66.9 Å². The third-order valence-corrected chi connectivity index (χ3v) is 7.74. The third-order valence-electron chi connectivity index (χ3n) is 7.74. The highest BCUT2D eigenvalue weighted by molar-refractivity contribution is 5.85. The normalized spacial score (nSPS) is 16.7. The van der Waals surface area contributed by atoms with Crippen LogP contribution < -0.4 is 10.1 Å². The number of rotatable bonds is 7. The van der Waals surface area contributed by atoms with Crippen LogP contribution in [0.5, 0.6) is 5.75 Å². The van der Waals surface area contributed by atoms with Gasteiger partial charge in [0, 0.05) is 41.4 Å². The maximum absolute atomic E-state index is 13.8. The average Bonchev–Trinajstić information content (AvgIpc) is 3.49. The van der Waals surface area contributed by atoms with Gasteiger partial charge in [-0.15, -0.1) is 0 Å². The Hall–Kier alpha value is -4.33. The highest BCUT2D eigenvalue weighted by Gasteiger charge is 2.31. The van der Waals surface area contributed by atoms with Crippen LogP contribution in [-0.2, 0) is 6.42 Å². The standard InChI is InChI=1S/C31H29FN6O/c1-19-17-27(24-7-2-3-8-25(24)34-19)39-18-23-13-14-28-37-29(20-9-11-21(32)12-10-20)30(38(23)28)26-15-16-33-31(36-26)35-22-5-4-6-22/h2-3,7-12,15-17,22-23H,4-6,13-14,18H2,1H3,(H,33,35,36). The summed E-state index contributed by atoms with van der Waals surface area (Å²) in [6, 6.07) is 19.0. The second-order valence-electron chi connectivity index (χ2n) is 10.4. The van der Waals surface area contributed by atoms with Crippen molar-refractivity contribution in [1.82, 2.24) is 24.5 Å². The second kappa shape index (κ2) is 9.76. The van der Waals surface area contributed by atoms with Crippen molar-refractivity contribution < 1.29 is 9.13 Å². The van der Waals surface area contributed by atoms with Gasteiger partial charge in [0.2, 0.25) is 5.95 Å². The van der Waals surface area contributed by atoms with Crippen molar-refractivity contribution in [3.63, 3.8) is 0 Å². The number of imidazole rings is 1. The molecule has 0 bridgehead atoms. The summed E-state index contributed by atoms with van der Waals surface area (Å²) < 4.78 is 22.5. The molecule has 2 aliphatic rings. The number of hydrogen-bond donors (Lipinski definition) is 1. The summed E-state index contributed by atoms with van der Waals surface area (Å²) in [7, 11) is 0. The van der Waals surface area contributed by atoms with Crippen LogP contribution >= 0.6 is 0 Å². The summed E-state index contributed by atoms with van der Waals surface area (Å²) in [6.07, 6.45) is 7.05. The van der Waals surface area contributed by atoms with Gasteiger partial charge in [-0.25, -0.2) is 19.3 Å². The van der Waals surface area contributed by atoms with Crippen LogP contribution in [0.1, 0.15) is 43.2 Å². The molecular formula is C31H29FN6O. The summed E-state index contributed by atoms with van der Waals surface area (Å²) in [4.78, 5) is 19.1. The molecular weight excluding hydrogens is 491 g/mol. The van der Waals surface area contributed by atoms with Crippen molar-refractivity contribution >= 4 is 16.9 Å². The van der Waals surface area contributed by atoms with Crippen LogP contribution in [0.25, 0.3) is 33.5 Å². The number of hydrogen-bond acceptors (Lipinski definition) is 6. The molecule has 1 saturated carbocycles. The molecule has 196 valence electrons. The van der Waals surface area contributed by atoms with Crippen LogP contribution in [0.4, 0.5) is 10.3 Å². The van der Waals surface area contributed by atoms with E-state index in [1.807, 2.05) is 43.3 Å². The fourth-order valence-corrected chi connectivity index (χ4v) is 5.56. The molecule has 1 N–H and O–H groups in total. The van der Waals surface area contributed by atoms with E-state index in [4.69, 9.17) is 14.7 Å². The topological polar surface area (TPSA) is 77.8 Å². The van der Waals surface area contributed by atoms with Gasteiger partial charge in [0.1, 0.15) is 24.0 Å². The SMILES string of the molecule is Cc1cc(OCC2CCc3nc(-c4ccc(F)cc4)c(-c4ccnc(NC5CCC5)n4)n32)c2ccccc2n1. The number of benzene rings is 2. The number of anilines is 1. The van der Waals surface area contributed by atoms with Gasteiger partial charge in [-0.3, -0.25) is 4.98 Å². The van der Waals surface area contributed by atoms with Gasteiger partial charge in [-0.05, 0) is 75.1 Å². The number of aromatic nitrogens is 5. The lowest BCUT2D eigenvalue weighted by Crippen LogP contribution is -2.28. The Morgan fingerprint density at radius 1 is 1.00 bits per heavy atom. The lowest BCUT2D eigenvalue weighted by atomic mass is 9.93. The van der Waals surface area contributed by atoms with E-state index in [0.717, 1.165) is 76.5 Å². The van der Waals surface area contributed by atoms with E-state index < -0.39 is 0 Å². The Morgan fingerprint density at radius 3 is 2.67 bits per heavy atom. The molecule has 0 saturated heterocycles. The first-order valence-electron chi connectivity index (χ1n) is 13.6. The first-order chi connectivity index (χ1) is 19.1. The summed E-state index contributed by atoms with van der Waals surface area (Å²) >= 11 is 0. The quantitative estimate of drug-likeness (QED) is 0.263. The minimum Gasteiger partial charge on any atom is -0.491 e. The zero-order valence-corrected chi connectivity index (χ0v) is 21.8. The van der Waals surface area contributed by atoms with Crippen molar-refractivity contribution in [2.45, 2.75) is 51.1 Å². The molecule has 0 spiro atoms. The molecule has 5 aromatic rings. The number of nitrogens with zero attached hydrogens (tertiary/aromatic N) is 5. The molecule has 3 aromatic heterocycles. The van der Waals surface area contributed by atoms with Crippen LogP contribution in [0.3, 0.4) is 0 Å². The number of para-hydroxylation sites is 1. The molecule has 7 nitrogen and oxygen atoms in total. The minimum absolute atomic E-state index is 0.0712. The van der Waals surface area contributed by atoms with Crippen LogP contribution in [0.2, 0.25) is 0 Å². The fraction of sp³-hybridized carbons (Fsp3) is 0.290. The monoisotopic (exact) mass is 520 g/mol. The lowest BCUT2D eigenvalue weighted by Gasteiger charge is -2.26. The number of halogens is 1. The van der Waals surface area contributed by atoms with Gasteiger partial charge in [-0.1, -0.05) is 12.1 Å². The molecule has 1 unspecified atom stereocenters. The number of nitrogens with one attached hydrogen (secondary N) is 1. The molecule has 1 atom stereocenters. The van der Waals surface area contributed by atoms with Crippen molar-refractivity contribution in [2.24, 2.45) is 0 Å². The molecule has 39 heavy (non-hydrogen) atoms. The molecule has 1 fully saturated rings. The largest absolute Gasteiger partial charge is 0.491 e. The van der Waals surface area contributed by atoms with Gasteiger partial charge in [0.15, 0.2) is 0 Å². The zero-order valence-electron chi connectivity index (χ0n) is 21.8. The Bertz CT molecular complexity index is 1660. The first-order valence-corrected chi connectivity index (χ1v) is 13.6.